The molecule has 0 fully saturated rings. The molecule has 0 aromatic heterocycles. The van der Waals surface area contributed by atoms with Gasteiger partial charge in [0.05, 0.1) is 33.8 Å². The summed E-state index contributed by atoms with van der Waals surface area (Å²) >= 11 is 0. The van der Waals surface area contributed by atoms with Gasteiger partial charge in [0, 0.05) is 5.56 Å². The summed E-state index contributed by atoms with van der Waals surface area (Å²) in [4.78, 5) is 0. The molecule has 0 spiro atoms. The number of rotatable bonds is 8. The number of aryl methyl sites for hydroxylation is 1. The molecule has 4 heteroatoms. The predicted molar refractivity (Wildman–Crippen MR) is 93.9 cm³/mol. The van der Waals surface area contributed by atoms with Crippen LogP contribution in [0, 0.1) is 11.3 Å². The summed E-state index contributed by atoms with van der Waals surface area (Å²) in [7, 11) is 4.94. The van der Waals surface area contributed by atoms with Crippen molar-refractivity contribution in [1.29, 1.82) is 5.26 Å². The van der Waals surface area contributed by atoms with Gasteiger partial charge in [0.15, 0.2) is 11.5 Å². The fourth-order valence-corrected chi connectivity index (χ4v) is 2.85. The Morgan fingerprint density at radius 1 is 0.958 bits per heavy atom. The summed E-state index contributed by atoms with van der Waals surface area (Å²) < 4.78 is 16.2. The normalized spacial score (nSPS) is 10.1. The predicted octanol–water partition coefficient (Wildman–Crippen LogP) is 3.95. The first-order valence-electron chi connectivity index (χ1n) is 7.96. The van der Waals surface area contributed by atoms with E-state index < -0.39 is 0 Å². The maximum atomic E-state index is 9.06. The van der Waals surface area contributed by atoms with Crippen molar-refractivity contribution in [3.63, 3.8) is 0 Å². The van der Waals surface area contributed by atoms with Gasteiger partial charge in [-0.05, 0) is 48.6 Å². The highest BCUT2D eigenvalue weighted by molar-refractivity contribution is 5.51. The zero-order valence-corrected chi connectivity index (χ0v) is 14.5. The van der Waals surface area contributed by atoms with Crippen LogP contribution in [0.4, 0.5) is 0 Å². The van der Waals surface area contributed by atoms with Crippen molar-refractivity contribution in [3.05, 3.63) is 53.1 Å². The van der Waals surface area contributed by atoms with Crippen molar-refractivity contribution >= 4 is 0 Å². The maximum Gasteiger partial charge on any atom is 0.164 e. The number of hydrogen-bond donors (Lipinski definition) is 0. The van der Waals surface area contributed by atoms with Crippen LogP contribution in [0.5, 0.6) is 17.2 Å². The van der Waals surface area contributed by atoms with Crippen LogP contribution in [0.2, 0.25) is 0 Å². The Morgan fingerprint density at radius 3 is 2.46 bits per heavy atom. The van der Waals surface area contributed by atoms with Crippen molar-refractivity contribution in [1.82, 2.24) is 0 Å². The molecule has 24 heavy (non-hydrogen) atoms. The van der Waals surface area contributed by atoms with E-state index in [4.69, 9.17) is 19.5 Å². The van der Waals surface area contributed by atoms with E-state index in [1.54, 1.807) is 21.3 Å². The number of nitrogens with zero attached hydrogens (tertiary/aromatic N) is 1. The Kier molecular flexibility index (Phi) is 6.51. The lowest BCUT2D eigenvalue weighted by atomic mass is 9.97. The van der Waals surface area contributed by atoms with Crippen LogP contribution >= 0.6 is 0 Å². The van der Waals surface area contributed by atoms with E-state index in [0.717, 1.165) is 41.9 Å². The molecule has 0 unspecified atom stereocenters. The standard InChI is InChI=1S/C20H23NO3/c1-22-17-8-4-6-15(14-17)7-5-9-18-16(12-13-21)10-11-19(23-2)20(18)24-3/h4,6,8,10-11,14H,5,7,9,12H2,1-3H3. The molecule has 0 N–H and O–H groups in total. The zero-order valence-electron chi connectivity index (χ0n) is 14.5. The SMILES string of the molecule is COc1cccc(CCCc2c(CC#N)ccc(OC)c2OC)c1. The van der Waals surface area contributed by atoms with Gasteiger partial charge < -0.3 is 14.2 Å². The van der Waals surface area contributed by atoms with Crippen molar-refractivity contribution in [2.45, 2.75) is 25.7 Å². The Labute approximate surface area is 143 Å². The summed E-state index contributed by atoms with van der Waals surface area (Å²) in [6.45, 7) is 0. The molecule has 0 saturated carbocycles. The Bertz CT molecular complexity index is 719. The van der Waals surface area contributed by atoms with Gasteiger partial charge >= 0.3 is 0 Å². The fraction of sp³-hybridized carbons (Fsp3) is 0.350. The number of methoxy groups -OCH3 is 3. The fourth-order valence-electron chi connectivity index (χ4n) is 2.85. The van der Waals surface area contributed by atoms with Crippen LogP contribution in [0.1, 0.15) is 23.1 Å². The van der Waals surface area contributed by atoms with Gasteiger partial charge in [-0.2, -0.15) is 5.26 Å². The van der Waals surface area contributed by atoms with Gasteiger partial charge in [0.2, 0.25) is 0 Å². The third-order valence-electron chi connectivity index (χ3n) is 4.04. The van der Waals surface area contributed by atoms with Crippen molar-refractivity contribution in [3.8, 4) is 23.3 Å². The topological polar surface area (TPSA) is 51.5 Å². The zero-order chi connectivity index (χ0) is 17.4. The second kappa shape index (κ2) is 8.83. The third-order valence-corrected chi connectivity index (χ3v) is 4.04. The molecule has 4 nitrogen and oxygen atoms in total. The quantitative estimate of drug-likeness (QED) is 0.737. The molecule has 0 saturated heterocycles. The molecule has 0 atom stereocenters. The van der Waals surface area contributed by atoms with Crippen molar-refractivity contribution in [2.75, 3.05) is 21.3 Å². The molecule has 0 aliphatic rings. The Morgan fingerprint density at radius 2 is 1.79 bits per heavy atom. The molecule has 2 aromatic carbocycles. The molecule has 0 radical (unpaired) electrons. The monoisotopic (exact) mass is 325 g/mol. The second-order valence-electron chi connectivity index (χ2n) is 5.48. The lowest BCUT2D eigenvalue weighted by Gasteiger charge is -2.16. The van der Waals surface area contributed by atoms with Crippen LogP contribution in [0.15, 0.2) is 36.4 Å². The minimum absolute atomic E-state index is 0.370. The summed E-state index contributed by atoms with van der Waals surface area (Å²) in [6.07, 6.45) is 3.09. The van der Waals surface area contributed by atoms with E-state index in [1.807, 2.05) is 24.3 Å². The summed E-state index contributed by atoms with van der Waals surface area (Å²) in [6, 6.07) is 14.1. The average molecular weight is 325 g/mol. The largest absolute Gasteiger partial charge is 0.497 e. The van der Waals surface area contributed by atoms with E-state index >= 15 is 0 Å². The second-order valence-corrected chi connectivity index (χ2v) is 5.48. The number of nitriles is 1. The van der Waals surface area contributed by atoms with Gasteiger partial charge in [-0.1, -0.05) is 18.2 Å². The minimum Gasteiger partial charge on any atom is -0.497 e. The highest BCUT2D eigenvalue weighted by Gasteiger charge is 2.14. The van der Waals surface area contributed by atoms with Crippen LogP contribution in [0.3, 0.4) is 0 Å². The number of benzene rings is 2. The van der Waals surface area contributed by atoms with E-state index in [-0.39, 0.29) is 0 Å². The average Bonchev–Trinajstić information content (AvgIpc) is 2.62. The van der Waals surface area contributed by atoms with E-state index in [2.05, 4.69) is 18.2 Å². The Hall–Kier alpha value is -2.67. The molecule has 0 heterocycles. The summed E-state index contributed by atoms with van der Waals surface area (Å²) in [5.74, 6) is 2.31. The Balaban J connectivity index is 2.16. The van der Waals surface area contributed by atoms with Crippen LogP contribution in [-0.4, -0.2) is 21.3 Å². The van der Waals surface area contributed by atoms with Crippen molar-refractivity contribution < 1.29 is 14.2 Å². The first kappa shape index (κ1) is 17.7. The highest BCUT2D eigenvalue weighted by atomic mass is 16.5. The van der Waals surface area contributed by atoms with Crippen LogP contribution in [0.25, 0.3) is 0 Å². The van der Waals surface area contributed by atoms with E-state index in [9.17, 15) is 0 Å². The number of hydrogen-bond acceptors (Lipinski definition) is 4. The minimum atomic E-state index is 0.370. The highest BCUT2D eigenvalue weighted by Crippen LogP contribution is 2.34. The van der Waals surface area contributed by atoms with Gasteiger partial charge in [0.25, 0.3) is 0 Å². The smallest absolute Gasteiger partial charge is 0.164 e. The van der Waals surface area contributed by atoms with Crippen LogP contribution < -0.4 is 14.2 Å². The maximum absolute atomic E-state index is 9.06. The van der Waals surface area contributed by atoms with Crippen LogP contribution in [-0.2, 0) is 19.3 Å². The molecular weight excluding hydrogens is 302 g/mol. The van der Waals surface area contributed by atoms with Gasteiger partial charge in [-0.15, -0.1) is 0 Å². The van der Waals surface area contributed by atoms with Gasteiger partial charge in [-0.3, -0.25) is 0 Å². The van der Waals surface area contributed by atoms with E-state index in [1.165, 1.54) is 5.56 Å². The van der Waals surface area contributed by atoms with Gasteiger partial charge in [0.1, 0.15) is 5.75 Å². The number of ether oxygens (including phenoxy) is 3. The molecule has 126 valence electrons. The molecule has 0 aliphatic carbocycles. The molecule has 2 rings (SSSR count). The summed E-state index contributed by atoms with van der Waals surface area (Å²) in [5, 5.41) is 9.06. The third kappa shape index (κ3) is 4.20. The lowest BCUT2D eigenvalue weighted by Crippen LogP contribution is -2.02. The molecule has 0 bridgehead atoms. The molecule has 0 amide bonds. The first-order chi connectivity index (χ1) is 11.7. The van der Waals surface area contributed by atoms with E-state index in [0.29, 0.717) is 12.2 Å². The van der Waals surface area contributed by atoms with Crippen molar-refractivity contribution in [2.24, 2.45) is 0 Å². The van der Waals surface area contributed by atoms with Gasteiger partial charge in [-0.25, -0.2) is 0 Å². The first-order valence-corrected chi connectivity index (χ1v) is 7.96. The molecular formula is C20H23NO3. The lowest BCUT2D eigenvalue weighted by molar-refractivity contribution is 0.351. The molecule has 0 aliphatic heterocycles. The molecule has 2 aromatic rings. The summed E-state index contributed by atoms with van der Waals surface area (Å²) in [5.41, 5.74) is 3.29.